The number of H-pyrrole nitrogens is 1. The van der Waals surface area contributed by atoms with Crippen molar-refractivity contribution in [1.29, 1.82) is 0 Å². The molecule has 10 nitrogen and oxygen atoms in total. The second kappa shape index (κ2) is 10.3. The van der Waals surface area contributed by atoms with Crippen LogP contribution in [0.4, 0.5) is 5.82 Å². The smallest absolute Gasteiger partial charge is 0.328 e. The summed E-state index contributed by atoms with van der Waals surface area (Å²) >= 11 is 0. The van der Waals surface area contributed by atoms with E-state index in [0.29, 0.717) is 30.4 Å². The highest BCUT2D eigenvalue weighted by Gasteiger charge is 2.16. The number of fused-ring (bicyclic) bond motifs is 1. The third kappa shape index (κ3) is 5.22. The molecule has 10 heteroatoms. The molecule has 1 aromatic carbocycles. The molecule has 1 aliphatic carbocycles. The number of benzene rings is 1. The van der Waals surface area contributed by atoms with E-state index in [2.05, 4.69) is 38.5 Å². The summed E-state index contributed by atoms with van der Waals surface area (Å²) in [4.78, 5) is 24.0. The zero-order chi connectivity index (χ0) is 24.2. The molecule has 0 spiro atoms. The molecule has 0 bridgehead atoms. The molecule has 1 saturated carbocycles. The van der Waals surface area contributed by atoms with Crippen LogP contribution in [0.3, 0.4) is 0 Å². The van der Waals surface area contributed by atoms with E-state index in [0.717, 1.165) is 42.6 Å². The normalized spacial score (nSPS) is 13.9. The average Bonchev–Trinajstić information content (AvgIpc) is 3.42. The van der Waals surface area contributed by atoms with Crippen LogP contribution in [0.5, 0.6) is 6.01 Å². The second-order valence-corrected chi connectivity index (χ2v) is 9.08. The van der Waals surface area contributed by atoms with Gasteiger partial charge in [-0.2, -0.15) is 15.1 Å². The van der Waals surface area contributed by atoms with Gasteiger partial charge in [-0.25, -0.2) is 4.79 Å². The number of imidazole rings is 1. The van der Waals surface area contributed by atoms with E-state index >= 15 is 0 Å². The Balaban J connectivity index is 1.28. The van der Waals surface area contributed by atoms with Crippen molar-refractivity contribution in [2.45, 2.75) is 58.2 Å². The third-order valence-electron chi connectivity index (χ3n) is 6.50. The number of nitrogens with one attached hydrogen (secondary N) is 2. The molecule has 5 rings (SSSR count). The standard InChI is InChI=1S/C25H32N8O2/c1-2-3-13-35-24-30-22(26)21-23(31-24)33(25(34)29-21)15-17-7-9-18(10-8-17)19-14-28-32(16-19)12-11-27-20-5-4-6-20/h7-10,14,16,20,27H,2-6,11-13,15H2,1H3,(H,29,34)(H2,26,30,31). The first-order valence-corrected chi connectivity index (χ1v) is 12.3. The van der Waals surface area contributed by atoms with Crippen LogP contribution in [0.25, 0.3) is 22.3 Å². The molecule has 184 valence electrons. The highest BCUT2D eigenvalue weighted by Crippen LogP contribution is 2.22. The monoisotopic (exact) mass is 476 g/mol. The number of aromatic amines is 1. The van der Waals surface area contributed by atoms with Crippen LogP contribution in [0, 0.1) is 0 Å². The Morgan fingerprint density at radius 1 is 1.20 bits per heavy atom. The Labute approximate surface area is 203 Å². The summed E-state index contributed by atoms with van der Waals surface area (Å²) in [5.74, 6) is 0.201. The van der Waals surface area contributed by atoms with E-state index in [-0.39, 0.29) is 17.5 Å². The lowest BCUT2D eigenvalue weighted by atomic mass is 9.93. The van der Waals surface area contributed by atoms with Gasteiger partial charge >= 0.3 is 11.7 Å². The van der Waals surface area contributed by atoms with Crippen LogP contribution in [0.15, 0.2) is 41.5 Å². The van der Waals surface area contributed by atoms with Crippen LogP contribution >= 0.6 is 0 Å². The van der Waals surface area contributed by atoms with Crippen LogP contribution in [-0.4, -0.2) is 48.5 Å². The molecule has 3 aromatic heterocycles. The van der Waals surface area contributed by atoms with Gasteiger partial charge in [0, 0.05) is 24.3 Å². The Morgan fingerprint density at radius 3 is 2.77 bits per heavy atom. The molecule has 4 aromatic rings. The fourth-order valence-electron chi connectivity index (χ4n) is 4.17. The Kier molecular flexibility index (Phi) is 6.80. The zero-order valence-corrected chi connectivity index (χ0v) is 20.0. The van der Waals surface area contributed by atoms with Gasteiger partial charge in [-0.1, -0.05) is 44.0 Å². The number of ether oxygens (including phenoxy) is 1. The largest absolute Gasteiger partial charge is 0.463 e. The lowest BCUT2D eigenvalue weighted by Gasteiger charge is -2.26. The Bertz CT molecular complexity index is 1330. The number of nitrogens with two attached hydrogens (primary N) is 1. The average molecular weight is 477 g/mol. The van der Waals surface area contributed by atoms with E-state index in [4.69, 9.17) is 10.5 Å². The molecule has 1 fully saturated rings. The number of hydrogen-bond acceptors (Lipinski definition) is 7. The van der Waals surface area contributed by atoms with Crippen LogP contribution < -0.4 is 21.5 Å². The first-order chi connectivity index (χ1) is 17.1. The highest BCUT2D eigenvalue weighted by molar-refractivity contribution is 5.82. The summed E-state index contributed by atoms with van der Waals surface area (Å²) in [6, 6.07) is 8.99. The van der Waals surface area contributed by atoms with Gasteiger partial charge in [0.1, 0.15) is 5.52 Å². The van der Waals surface area contributed by atoms with Gasteiger partial charge in [-0.15, -0.1) is 0 Å². The van der Waals surface area contributed by atoms with Crippen molar-refractivity contribution in [2.24, 2.45) is 0 Å². The molecule has 3 heterocycles. The maximum Gasteiger partial charge on any atom is 0.328 e. The van der Waals surface area contributed by atoms with Crippen molar-refractivity contribution in [3.63, 3.8) is 0 Å². The first-order valence-electron chi connectivity index (χ1n) is 12.3. The van der Waals surface area contributed by atoms with Gasteiger partial charge in [-0.05, 0) is 30.4 Å². The third-order valence-corrected chi connectivity index (χ3v) is 6.50. The van der Waals surface area contributed by atoms with E-state index in [1.165, 1.54) is 19.3 Å². The molecule has 4 N–H and O–H groups in total. The maximum absolute atomic E-state index is 12.6. The van der Waals surface area contributed by atoms with Crippen molar-refractivity contribution in [3.8, 4) is 17.1 Å². The van der Waals surface area contributed by atoms with Gasteiger partial charge < -0.3 is 20.8 Å². The molecule has 35 heavy (non-hydrogen) atoms. The molecule has 0 amide bonds. The van der Waals surface area contributed by atoms with Crippen LogP contribution in [0.1, 0.15) is 44.6 Å². The number of unbranched alkanes of at least 4 members (excludes halogenated alkanes) is 1. The van der Waals surface area contributed by atoms with Crippen molar-refractivity contribution in [2.75, 3.05) is 18.9 Å². The summed E-state index contributed by atoms with van der Waals surface area (Å²) < 4.78 is 9.15. The molecular formula is C25H32N8O2. The van der Waals surface area contributed by atoms with Gasteiger partial charge in [0.15, 0.2) is 11.5 Å². The van der Waals surface area contributed by atoms with Gasteiger partial charge in [0.05, 0.1) is 25.9 Å². The number of nitrogens with zero attached hydrogens (tertiary/aromatic N) is 5. The fraction of sp³-hybridized carbons (Fsp3) is 0.440. The number of nitrogen functional groups attached to an aromatic ring is 1. The van der Waals surface area contributed by atoms with Crippen LogP contribution in [-0.2, 0) is 13.1 Å². The summed E-state index contributed by atoms with van der Waals surface area (Å²) in [7, 11) is 0. The van der Waals surface area contributed by atoms with Crippen LogP contribution in [0.2, 0.25) is 0 Å². The number of rotatable bonds is 11. The molecule has 0 unspecified atom stereocenters. The summed E-state index contributed by atoms with van der Waals surface area (Å²) in [6.45, 7) is 4.73. The minimum atomic E-state index is -0.285. The second-order valence-electron chi connectivity index (χ2n) is 9.08. The summed E-state index contributed by atoms with van der Waals surface area (Å²) in [6.07, 6.45) is 9.77. The fourth-order valence-corrected chi connectivity index (χ4v) is 4.17. The van der Waals surface area contributed by atoms with Gasteiger partial charge in [-0.3, -0.25) is 9.25 Å². The summed E-state index contributed by atoms with van der Waals surface area (Å²) in [5, 5.41) is 8.06. The summed E-state index contributed by atoms with van der Waals surface area (Å²) in [5.41, 5.74) is 9.75. The number of anilines is 1. The first kappa shape index (κ1) is 23.1. The highest BCUT2D eigenvalue weighted by atomic mass is 16.5. The van der Waals surface area contributed by atoms with Crippen molar-refractivity contribution in [1.82, 2.24) is 34.6 Å². The Morgan fingerprint density at radius 2 is 2.03 bits per heavy atom. The van der Waals surface area contributed by atoms with E-state index in [1.54, 1.807) is 4.57 Å². The van der Waals surface area contributed by atoms with E-state index in [1.807, 2.05) is 35.1 Å². The van der Waals surface area contributed by atoms with Crippen molar-refractivity contribution >= 4 is 17.0 Å². The van der Waals surface area contributed by atoms with E-state index < -0.39 is 0 Å². The van der Waals surface area contributed by atoms with Gasteiger partial charge in [0.2, 0.25) is 0 Å². The molecule has 0 radical (unpaired) electrons. The van der Waals surface area contributed by atoms with Gasteiger partial charge in [0.25, 0.3) is 0 Å². The number of hydrogen-bond donors (Lipinski definition) is 3. The predicted molar refractivity (Wildman–Crippen MR) is 135 cm³/mol. The quantitative estimate of drug-likeness (QED) is 0.284. The Hall–Kier alpha value is -3.66. The zero-order valence-electron chi connectivity index (χ0n) is 20.0. The lowest BCUT2D eigenvalue weighted by Crippen LogP contribution is -2.37. The number of aromatic nitrogens is 6. The maximum atomic E-state index is 12.6. The molecule has 1 aliphatic rings. The van der Waals surface area contributed by atoms with E-state index in [9.17, 15) is 4.79 Å². The molecule has 0 atom stereocenters. The minimum Gasteiger partial charge on any atom is -0.463 e. The SMILES string of the molecule is CCCCOc1nc(N)c2[nH]c(=O)n(Cc3ccc(-c4cnn(CCNC5CCC5)c4)cc3)c2n1. The predicted octanol–water partition coefficient (Wildman–Crippen LogP) is 2.93. The minimum absolute atomic E-state index is 0.187. The van der Waals surface area contributed by atoms with Crippen molar-refractivity contribution in [3.05, 3.63) is 52.7 Å². The molecule has 0 saturated heterocycles. The molecular weight excluding hydrogens is 444 g/mol. The topological polar surface area (TPSA) is 129 Å². The van der Waals surface area contributed by atoms with Crippen molar-refractivity contribution < 1.29 is 4.74 Å². The lowest BCUT2D eigenvalue weighted by molar-refractivity contribution is 0.286. The molecule has 0 aliphatic heterocycles.